The zero-order chi connectivity index (χ0) is 9.78. The molecule has 0 aliphatic rings. The minimum atomic E-state index is 0.231. The number of rotatable bonds is 9. The lowest BCUT2D eigenvalue weighted by Crippen LogP contribution is -1.99. The second kappa shape index (κ2) is 13.2. The lowest BCUT2D eigenvalue weighted by Gasteiger charge is -2.00. The molecule has 4 heteroatoms. The van der Waals surface area contributed by atoms with Crippen molar-refractivity contribution in [3.8, 4) is 0 Å². The predicted octanol–water partition coefficient (Wildman–Crippen LogP) is 2.81. The summed E-state index contributed by atoms with van der Waals surface area (Å²) < 4.78 is 11.7. The molecule has 0 atom stereocenters. The lowest BCUT2D eigenvalue weighted by molar-refractivity contribution is -0.0476. The van der Waals surface area contributed by atoms with Crippen molar-refractivity contribution in [2.45, 2.75) is 24.3 Å². The van der Waals surface area contributed by atoms with E-state index in [2.05, 4.69) is 31.0 Å². The van der Waals surface area contributed by atoms with Gasteiger partial charge in [-0.1, -0.05) is 18.6 Å². The summed E-state index contributed by atoms with van der Waals surface area (Å²) in [5.74, 6) is 0. The Hall–Kier alpha value is 1.16. The Bertz CT molecular complexity index is 120. The molecule has 0 aliphatic heterocycles. The second-order valence-corrected chi connectivity index (χ2v) is 6.93. The Morgan fingerprint density at radius 2 is 2.00 bits per heavy atom. The maximum atomic E-state index is 5.21. The number of hydrogen-bond donors (Lipinski definition) is 0. The van der Waals surface area contributed by atoms with Crippen LogP contribution in [0.25, 0.3) is 0 Å². The summed E-state index contributed by atoms with van der Waals surface area (Å²) in [4.78, 5) is 0. The van der Waals surface area contributed by atoms with E-state index in [4.69, 9.17) is 9.47 Å². The number of hydrogen-bond acceptors (Lipinski definition) is 2. The molecule has 0 aromatic rings. The highest BCUT2D eigenvalue weighted by Gasteiger charge is 1.86. The van der Waals surface area contributed by atoms with E-state index in [-0.39, 0.29) is 16.5 Å². The van der Waals surface area contributed by atoms with Gasteiger partial charge < -0.3 is 28.3 Å². The van der Waals surface area contributed by atoms with Gasteiger partial charge in [0.2, 0.25) is 0 Å². The fraction of sp³-hybridized carbons (Fsp3) is 0.778. The van der Waals surface area contributed by atoms with Crippen LogP contribution in [0.2, 0.25) is 4.55 Å². The van der Waals surface area contributed by atoms with E-state index in [1.165, 1.54) is 11.0 Å². The third kappa shape index (κ3) is 13.2. The molecule has 0 saturated carbocycles. The van der Waals surface area contributed by atoms with Gasteiger partial charge in [-0.2, -0.15) is 0 Å². The minimum Gasteiger partial charge on any atom is -0.356 e. The summed E-state index contributed by atoms with van der Waals surface area (Å²) in [6.07, 6.45) is 6.72. The van der Waals surface area contributed by atoms with Crippen LogP contribution in [0.5, 0.6) is 0 Å². The second-order valence-electron chi connectivity index (χ2n) is 2.61. The van der Waals surface area contributed by atoms with Crippen molar-refractivity contribution in [2.75, 3.05) is 20.0 Å². The topological polar surface area (TPSA) is 18.5 Å². The van der Waals surface area contributed by atoms with Gasteiger partial charge in [0.15, 0.2) is 0 Å². The first-order chi connectivity index (χ1) is 6.41. The van der Waals surface area contributed by atoms with Gasteiger partial charge in [0.25, 0.3) is 0 Å². The average molecular weight is 308 g/mol. The van der Waals surface area contributed by atoms with E-state index in [9.17, 15) is 0 Å². The fourth-order valence-electron chi connectivity index (χ4n) is 0.783. The Labute approximate surface area is 101 Å². The van der Waals surface area contributed by atoms with E-state index in [0.717, 1.165) is 19.6 Å². The highest BCUT2D eigenvalue weighted by molar-refractivity contribution is 14.1. The summed E-state index contributed by atoms with van der Waals surface area (Å²) in [7, 11) is 0. The molecule has 2 nitrogen and oxygen atoms in total. The normalized spacial score (nSPS) is 10.6. The van der Waals surface area contributed by atoms with E-state index < -0.39 is 0 Å². The van der Waals surface area contributed by atoms with Crippen molar-refractivity contribution in [1.82, 2.24) is 0 Å². The summed E-state index contributed by atoms with van der Waals surface area (Å²) in [5, 5.41) is 0. The predicted molar refractivity (Wildman–Crippen MR) is 65.4 cm³/mol. The van der Waals surface area contributed by atoms with Crippen LogP contribution >= 0.6 is 18.9 Å². The van der Waals surface area contributed by atoms with E-state index in [1.54, 1.807) is 0 Å². The molecule has 0 saturated heterocycles. The maximum Gasteiger partial charge on any atom is 0.464 e. The molecule has 0 amide bonds. The molecule has 0 spiro atoms. The van der Waals surface area contributed by atoms with Gasteiger partial charge >= 0.3 is 16.5 Å². The Balaban J connectivity index is 2.93. The zero-order valence-corrected chi connectivity index (χ0v) is 11.9. The lowest BCUT2D eigenvalue weighted by atomic mass is 10.3. The first kappa shape index (κ1) is 14.2. The van der Waals surface area contributed by atoms with Crippen LogP contribution in [-0.2, 0) is 9.47 Å². The first-order valence-corrected chi connectivity index (χ1v) is 10.9. The summed E-state index contributed by atoms with van der Waals surface area (Å²) in [5.41, 5.74) is 0. The van der Waals surface area contributed by atoms with Gasteiger partial charge in [-0.05, 0) is 13.3 Å². The van der Waals surface area contributed by atoms with Crippen LogP contribution in [0.1, 0.15) is 19.8 Å². The maximum absolute atomic E-state index is 5.21. The van der Waals surface area contributed by atoms with Gasteiger partial charge in [0.05, 0.1) is 6.61 Å². The van der Waals surface area contributed by atoms with E-state index >= 15 is 0 Å². The first-order valence-electron chi connectivity index (χ1n) is 4.78. The molecule has 0 heterocycles. The molecule has 13 heavy (non-hydrogen) atoms. The molecule has 0 aromatic heterocycles. The molecule has 0 rings (SSSR count). The number of halogens is 1. The smallest absolute Gasteiger partial charge is 0.356 e. The SMILES string of the molecule is CCOCOCC/C=C/C[CH2][Mg][I]. The number of ether oxygens (including phenoxy) is 2. The van der Waals surface area contributed by atoms with Crippen molar-refractivity contribution in [1.29, 1.82) is 0 Å². The van der Waals surface area contributed by atoms with E-state index in [0.29, 0.717) is 6.79 Å². The van der Waals surface area contributed by atoms with Crippen molar-refractivity contribution in [2.24, 2.45) is 0 Å². The summed E-state index contributed by atoms with van der Waals surface area (Å²) in [6.45, 7) is 3.91. The zero-order valence-electron chi connectivity index (χ0n) is 8.30. The third-order valence-electron chi connectivity index (χ3n) is 1.47. The molecular formula is C9H17IMgO2. The largest absolute Gasteiger partial charge is 0.464 e. The quantitative estimate of drug-likeness (QED) is 0.214. The molecule has 74 valence electrons. The molecule has 0 radical (unpaired) electrons. The van der Waals surface area contributed by atoms with Crippen molar-refractivity contribution < 1.29 is 9.47 Å². The third-order valence-corrected chi connectivity index (χ3v) is 4.43. The fourth-order valence-corrected chi connectivity index (χ4v) is 2.49. The highest BCUT2D eigenvalue weighted by atomic mass is 127. The molecular weight excluding hydrogens is 291 g/mol. The molecule has 0 aliphatic carbocycles. The van der Waals surface area contributed by atoms with E-state index in [1.807, 2.05) is 6.92 Å². The van der Waals surface area contributed by atoms with Crippen LogP contribution < -0.4 is 0 Å². The minimum absolute atomic E-state index is 0.231. The highest BCUT2D eigenvalue weighted by Crippen LogP contribution is 1.96. The molecule has 0 fully saturated rings. The van der Waals surface area contributed by atoms with Crippen LogP contribution in [0.3, 0.4) is 0 Å². The van der Waals surface area contributed by atoms with Gasteiger partial charge in [-0.15, -0.1) is 4.55 Å². The standard InChI is InChI=1S/C9H17O2.HI.Mg/c1-3-5-6-7-8-11-9-10-4-2;;/h5-6H,1,3-4,7-9H2,2H3;1H;/q;;+1/p-1/b6-5+;;. The molecule has 0 N–H and O–H groups in total. The molecule has 0 aromatic carbocycles. The van der Waals surface area contributed by atoms with Gasteiger partial charge in [0, 0.05) is 6.61 Å². The average Bonchev–Trinajstić information content (AvgIpc) is 2.16. The van der Waals surface area contributed by atoms with Crippen molar-refractivity contribution >= 4 is 35.3 Å². The Morgan fingerprint density at radius 3 is 2.69 bits per heavy atom. The molecule has 0 bridgehead atoms. The van der Waals surface area contributed by atoms with Crippen LogP contribution in [0.15, 0.2) is 12.2 Å². The van der Waals surface area contributed by atoms with Gasteiger partial charge in [-0.25, -0.2) is 0 Å². The van der Waals surface area contributed by atoms with Gasteiger partial charge in [0.1, 0.15) is 6.79 Å². The van der Waals surface area contributed by atoms with Crippen molar-refractivity contribution in [3.63, 3.8) is 0 Å². The Morgan fingerprint density at radius 1 is 1.23 bits per heavy atom. The summed E-state index contributed by atoms with van der Waals surface area (Å²) >= 11 is 2.77. The number of allylic oxidation sites excluding steroid dienone is 1. The van der Waals surface area contributed by atoms with Crippen molar-refractivity contribution in [3.05, 3.63) is 12.2 Å². The Kier molecular flexibility index (Phi) is 14.3. The monoisotopic (exact) mass is 308 g/mol. The van der Waals surface area contributed by atoms with Crippen LogP contribution in [0, 0.1) is 0 Å². The van der Waals surface area contributed by atoms with Gasteiger partial charge in [-0.3, -0.25) is 0 Å². The van der Waals surface area contributed by atoms with Crippen LogP contribution in [0.4, 0.5) is 0 Å². The van der Waals surface area contributed by atoms with Crippen LogP contribution in [-0.4, -0.2) is 36.5 Å². The molecule has 0 unspecified atom stereocenters. The summed E-state index contributed by atoms with van der Waals surface area (Å²) in [6, 6.07) is 0.